The lowest BCUT2D eigenvalue weighted by Crippen LogP contribution is -2.29. The van der Waals surface area contributed by atoms with Gasteiger partial charge in [0.1, 0.15) is 0 Å². The van der Waals surface area contributed by atoms with E-state index in [9.17, 15) is 0 Å². The highest BCUT2D eigenvalue weighted by atomic mass is 16.5. The standard InChI is InChI=1S/C9H18NO/c1-8(2)7-11-9-3-5-10-6-4-9/h8-9H,3-7H2,1-2H3. The molecule has 0 unspecified atom stereocenters. The van der Waals surface area contributed by atoms with Crippen molar-refractivity contribution in [2.24, 2.45) is 5.92 Å². The van der Waals surface area contributed by atoms with Gasteiger partial charge in [-0.3, -0.25) is 0 Å². The largest absolute Gasteiger partial charge is 0.378 e. The molecule has 0 amide bonds. The van der Waals surface area contributed by atoms with E-state index < -0.39 is 0 Å². The summed E-state index contributed by atoms with van der Waals surface area (Å²) in [7, 11) is 0. The zero-order chi connectivity index (χ0) is 8.10. The zero-order valence-corrected chi connectivity index (χ0v) is 7.55. The lowest BCUT2D eigenvalue weighted by atomic mass is 10.1. The van der Waals surface area contributed by atoms with Crippen LogP contribution in [0, 0.1) is 5.92 Å². The van der Waals surface area contributed by atoms with Gasteiger partial charge in [-0.1, -0.05) is 13.8 Å². The SMILES string of the molecule is CC(C)COC1CC[N]CC1. The molecule has 65 valence electrons. The van der Waals surface area contributed by atoms with Crippen molar-refractivity contribution in [2.75, 3.05) is 19.7 Å². The third-order valence-electron chi connectivity index (χ3n) is 1.88. The van der Waals surface area contributed by atoms with Gasteiger partial charge in [-0.05, 0) is 18.8 Å². The molecule has 11 heavy (non-hydrogen) atoms. The van der Waals surface area contributed by atoms with E-state index in [4.69, 9.17) is 4.74 Å². The van der Waals surface area contributed by atoms with E-state index in [-0.39, 0.29) is 0 Å². The lowest BCUT2D eigenvalue weighted by molar-refractivity contribution is 0.0173. The summed E-state index contributed by atoms with van der Waals surface area (Å²) in [5, 5.41) is 4.27. The molecular formula is C9H18NO. The molecule has 0 spiro atoms. The highest BCUT2D eigenvalue weighted by Gasteiger charge is 2.13. The highest BCUT2D eigenvalue weighted by Crippen LogP contribution is 2.09. The Labute approximate surface area is 69.3 Å². The smallest absolute Gasteiger partial charge is 0.0600 e. The first-order chi connectivity index (χ1) is 5.29. The Morgan fingerprint density at radius 1 is 1.36 bits per heavy atom. The summed E-state index contributed by atoms with van der Waals surface area (Å²) in [6.45, 7) is 7.29. The summed E-state index contributed by atoms with van der Waals surface area (Å²) in [5.74, 6) is 0.661. The molecule has 0 aromatic rings. The fourth-order valence-electron chi connectivity index (χ4n) is 1.22. The second kappa shape index (κ2) is 4.73. The molecule has 0 aromatic carbocycles. The van der Waals surface area contributed by atoms with Crippen LogP contribution < -0.4 is 5.32 Å². The normalized spacial score (nSPS) is 21.0. The van der Waals surface area contributed by atoms with Crippen LogP contribution >= 0.6 is 0 Å². The summed E-state index contributed by atoms with van der Waals surface area (Å²) in [6, 6.07) is 0. The molecule has 1 saturated heterocycles. The minimum absolute atomic E-state index is 0.495. The molecule has 0 N–H and O–H groups in total. The molecule has 1 aliphatic heterocycles. The minimum Gasteiger partial charge on any atom is -0.378 e. The monoisotopic (exact) mass is 156 g/mol. The van der Waals surface area contributed by atoms with Crippen molar-refractivity contribution in [3.8, 4) is 0 Å². The van der Waals surface area contributed by atoms with Gasteiger partial charge in [-0.25, -0.2) is 5.32 Å². The second-order valence-corrected chi connectivity index (χ2v) is 3.60. The van der Waals surface area contributed by atoms with Crippen molar-refractivity contribution < 1.29 is 4.74 Å². The molecule has 1 heterocycles. The van der Waals surface area contributed by atoms with Crippen molar-refractivity contribution >= 4 is 0 Å². The van der Waals surface area contributed by atoms with Crippen LogP contribution in [0.2, 0.25) is 0 Å². The van der Waals surface area contributed by atoms with E-state index in [1.165, 1.54) is 0 Å². The number of ether oxygens (including phenoxy) is 1. The maximum atomic E-state index is 5.68. The summed E-state index contributed by atoms with van der Waals surface area (Å²) >= 11 is 0. The number of hydrogen-bond donors (Lipinski definition) is 0. The Hall–Kier alpha value is -0.0800. The van der Waals surface area contributed by atoms with Crippen molar-refractivity contribution in [3.63, 3.8) is 0 Å². The number of rotatable bonds is 3. The molecule has 0 aromatic heterocycles. The van der Waals surface area contributed by atoms with Gasteiger partial charge in [0.2, 0.25) is 0 Å². The number of hydrogen-bond acceptors (Lipinski definition) is 1. The number of piperidine rings is 1. The topological polar surface area (TPSA) is 23.3 Å². The van der Waals surface area contributed by atoms with E-state index >= 15 is 0 Å². The molecule has 0 aliphatic carbocycles. The van der Waals surface area contributed by atoms with Crippen LogP contribution in [0.4, 0.5) is 0 Å². The van der Waals surface area contributed by atoms with Crippen LogP contribution in [0.3, 0.4) is 0 Å². The predicted octanol–water partition coefficient (Wildman–Crippen LogP) is 1.43. The van der Waals surface area contributed by atoms with Crippen molar-refractivity contribution in [1.82, 2.24) is 5.32 Å². The molecule has 1 fully saturated rings. The van der Waals surface area contributed by atoms with Crippen molar-refractivity contribution in [3.05, 3.63) is 0 Å². The molecule has 2 nitrogen and oxygen atoms in total. The molecule has 0 bridgehead atoms. The summed E-state index contributed by atoms with van der Waals surface area (Å²) in [4.78, 5) is 0. The van der Waals surface area contributed by atoms with E-state index in [0.717, 1.165) is 32.5 Å². The Morgan fingerprint density at radius 3 is 2.55 bits per heavy atom. The van der Waals surface area contributed by atoms with Gasteiger partial charge in [-0.2, -0.15) is 0 Å². The fraction of sp³-hybridized carbons (Fsp3) is 1.00. The zero-order valence-electron chi connectivity index (χ0n) is 7.55. The van der Waals surface area contributed by atoms with Crippen LogP contribution in [0.1, 0.15) is 26.7 Å². The van der Waals surface area contributed by atoms with E-state index in [1.54, 1.807) is 0 Å². The molecule has 2 heteroatoms. The Morgan fingerprint density at radius 2 is 2.00 bits per heavy atom. The molecule has 0 saturated carbocycles. The summed E-state index contributed by atoms with van der Waals surface area (Å²) in [6.07, 6.45) is 2.76. The van der Waals surface area contributed by atoms with Crippen LogP contribution in [-0.2, 0) is 4.74 Å². The van der Waals surface area contributed by atoms with Crippen molar-refractivity contribution in [2.45, 2.75) is 32.8 Å². The van der Waals surface area contributed by atoms with E-state index in [0.29, 0.717) is 12.0 Å². The Bertz CT molecular complexity index is 97.7. The molecular weight excluding hydrogens is 138 g/mol. The summed E-state index contributed by atoms with van der Waals surface area (Å²) < 4.78 is 5.68. The maximum absolute atomic E-state index is 5.68. The lowest BCUT2D eigenvalue weighted by Gasteiger charge is -2.22. The molecule has 1 rings (SSSR count). The van der Waals surface area contributed by atoms with Crippen LogP contribution in [0.15, 0.2) is 0 Å². The Balaban J connectivity index is 2.05. The summed E-state index contributed by atoms with van der Waals surface area (Å²) in [5.41, 5.74) is 0. The molecule has 0 atom stereocenters. The van der Waals surface area contributed by atoms with Crippen LogP contribution in [0.25, 0.3) is 0 Å². The van der Waals surface area contributed by atoms with Gasteiger partial charge in [0.05, 0.1) is 6.10 Å². The third kappa shape index (κ3) is 3.73. The van der Waals surface area contributed by atoms with Gasteiger partial charge in [-0.15, -0.1) is 0 Å². The average molecular weight is 156 g/mol. The first kappa shape index (κ1) is 9.01. The van der Waals surface area contributed by atoms with E-state index in [1.807, 2.05) is 0 Å². The van der Waals surface area contributed by atoms with Crippen LogP contribution in [0.5, 0.6) is 0 Å². The minimum atomic E-state index is 0.495. The maximum Gasteiger partial charge on any atom is 0.0600 e. The van der Waals surface area contributed by atoms with Crippen LogP contribution in [-0.4, -0.2) is 25.8 Å². The van der Waals surface area contributed by atoms with Crippen molar-refractivity contribution in [1.29, 1.82) is 0 Å². The second-order valence-electron chi connectivity index (χ2n) is 3.60. The van der Waals surface area contributed by atoms with E-state index in [2.05, 4.69) is 19.2 Å². The average Bonchev–Trinajstić information content (AvgIpc) is 2.03. The quantitative estimate of drug-likeness (QED) is 0.606. The van der Waals surface area contributed by atoms with Gasteiger partial charge in [0.25, 0.3) is 0 Å². The molecule has 1 aliphatic rings. The van der Waals surface area contributed by atoms with Gasteiger partial charge < -0.3 is 4.74 Å². The first-order valence-electron chi connectivity index (χ1n) is 4.54. The first-order valence-corrected chi connectivity index (χ1v) is 4.54. The van der Waals surface area contributed by atoms with Gasteiger partial charge in [0.15, 0.2) is 0 Å². The molecule has 1 radical (unpaired) electrons. The number of nitrogens with zero attached hydrogens (tertiary/aromatic N) is 1. The van der Waals surface area contributed by atoms with Gasteiger partial charge in [0, 0.05) is 19.7 Å². The predicted molar refractivity (Wildman–Crippen MR) is 45.7 cm³/mol. The fourth-order valence-corrected chi connectivity index (χ4v) is 1.22. The Kier molecular flexibility index (Phi) is 3.87. The van der Waals surface area contributed by atoms with Gasteiger partial charge >= 0.3 is 0 Å². The third-order valence-corrected chi connectivity index (χ3v) is 1.88. The highest BCUT2D eigenvalue weighted by molar-refractivity contribution is 4.67.